The molecule has 18 heavy (non-hydrogen) atoms. The third-order valence-electron chi connectivity index (χ3n) is 3.15. The van der Waals surface area contributed by atoms with E-state index in [0.29, 0.717) is 19.5 Å². The summed E-state index contributed by atoms with van der Waals surface area (Å²) in [6.45, 7) is 1.33. The SMILES string of the molecule is O=C(O)CN1CCc2ccc([N+](=O)[O-])cc2CC1. The summed E-state index contributed by atoms with van der Waals surface area (Å²) < 4.78 is 0. The van der Waals surface area contributed by atoms with Crippen molar-refractivity contribution in [1.29, 1.82) is 0 Å². The van der Waals surface area contributed by atoms with Crippen molar-refractivity contribution in [1.82, 2.24) is 4.90 Å². The molecule has 0 amide bonds. The standard InChI is InChI=1S/C12H14N2O4/c15-12(16)8-13-5-3-9-1-2-11(14(17)18)7-10(9)4-6-13/h1-2,7H,3-6,8H2,(H,15,16). The van der Waals surface area contributed by atoms with Gasteiger partial charge in [0.1, 0.15) is 0 Å². The monoisotopic (exact) mass is 250 g/mol. The van der Waals surface area contributed by atoms with Crippen LogP contribution in [0.15, 0.2) is 18.2 Å². The smallest absolute Gasteiger partial charge is 0.317 e. The van der Waals surface area contributed by atoms with Crippen molar-refractivity contribution < 1.29 is 14.8 Å². The Hall–Kier alpha value is -1.95. The fourth-order valence-electron chi connectivity index (χ4n) is 2.22. The van der Waals surface area contributed by atoms with Gasteiger partial charge in [0.25, 0.3) is 5.69 Å². The van der Waals surface area contributed by atoms with E-state index in [0.717, 1.165) is 17.5 Å². The molecule has 6 heteroatoms. The van der Waals surface area contributed by atoms with Crippen LogP contribution in [-0.4, -0.2) is 40.5 Å². The maximum Gasteiger partial charge on any atom is 0.317 e. The summed E-state index contributed by atoms with van der Waals surface area (Å²) in [7, 11) is 0. The average Bonchev–Trinajstić information content (AvgIpc) is 2.50. The third-order valence-corrected chi connectivity index (χ3v) is 3.15. The molecular weight excluding hydrogens is 236 g/mol. The summed E-state index contributed by atoms with van der Waals surface area (Å²) in [4.78, 5) is 22.8. The molecule has 0 radical (unpaired) electrons. The van der Waals surface area contributed by atoms with E-state index >= 15 is 0 Å². The molecule has 1 aliphatic rings. The molecule has 0 bridgehead atoms. The van der Waals surface area contributed by atoms with Crippen LogP contribution in [0.1, 0.15) is 11.1 Å². The Morgan fingerprint density at radius 3 is 2.61 bits per heavy atom. The van der Waals surface area contributed by atoms with Gasteiger partial charge in [-0.2, -0.15) is 0 Å². The number of non-ortho nitro benzene ring substituents is 1. The van der Waals surface area contributed by atoms with Gasteiger partial charge in [0.2, 0.25) is 0 Å². The minimum atomic E-state index is -0.841. The van der Waals surface area contributed by atoms with Gasteiger partial charge in [-0.05, 0) is 24.0 Å². The molecule has 0 spiro atoms. The van der Waals surface area contributed by atoms with Gasteiger partial charge in [-0.25, -0.2) is 0 Å². The molecule has 6 nitrogen and oxygen atoms in total. The van der Waals surface area contributed by atoms with E-state index < -0.39 is 10.9 Å². The Morgan fingerprint density at radius 1 is 1.33 bits per heavy atom. The second-order valence-corrected chi connectivity index (χ2v) is 4.38. The maximum absolute atomic E-state index is 10.7. The summed E-state index contributed by atoms with van der Waals surface area (Å²) in [6, 6.07) is 4.88. The predicted molar refractivity (Wildman–Crippen MR) is 64.6 cm³/mol. The topological polar surface area (TPSA) is 83.7 Å². The van der Waals surface area contributed by atoms with Crippen molar-refractivity contribution >= 4 is 11.7 Å². The number of carboxylic acid groups (broad SMARTS) is 1. The van der Waals surface area contributed by atoms with Crippen molar-refractivity contribution in [3.63, 3.8) is 0 Å². The van der Waals surface area contributed by atoms with Gasteiger partial charge in [-0.1, -0.05) is 6.07 Å². The Kier molecular flexibility index (Phi) is 3.57. The zero-order valence-corrected chi connectivity index (χ0v) is 9.83. The van der Waals surface area contributed by atoms with E-state index in [4.69, 9.17) is 5.11 Å². The highest BCUT2D eigenvalue weighted by Gasteiger charge is 2.18. The largest absolute Gasteiger partial charge is 0.480 e. The van der Waals surface area contributed by atoms with Crippen LogP contribution in [0.2, 0.25) is 0 Å². The first-order valence-electron chi connectivity index (χ1n) is 5.76. The van der Waals surface area contributed by atoms with Gasteiger partial charge in [0, 0.05) is 25.2 Å². The van der Waals surface area contributed by atoms with E-state index in [1.54, 1.807) is 12.1 Å². The number of benzene rings is 1. The zero-order valence-electron chi connectivity index (χ0n) is 9.83. The first-order valence-corrected chi connectivity index (χ1v) is 5.76. The van der Waals surface area contributed by atoms with E-state index in [-0.39, 0.29) is 12.2 Å². The van der Waals surface area contributed by atoms with Crippen LogP contribution in [0.25, 0.3) is 0 Å². The highest BCUT2D eigenvalue weighted by molar-refractivity contribution is 5.69. The molecule has 1 aromatic carbocycles. The van der Waals surface area contributed by atoms with Crippen molar-refractivity contribution in [2.45, 2.75) is 12.8 Å². The number of nitro benzene ring substituents is 1. The van der Waals surface area contributed by atoms with Gasteiger partial charge in [0.05, 0.1) is 11.5 Å². The maximum atomic E-state index is 10.7. The summed E-state index contributed by atoms with van der Waals surface area (Å²) >= 11 is 0. The van der Waals surface area contributed by atoms with E-state index in [9.17, 15) is 14.9 Å². The molecule has 1 heterocycles. The van der Waals surface area contributed by atoms with Gasteiger partial charge in [0.15, 0.2) is 0 Å². The molecule has 0 saturated heterocycles. The summed E-state index contributed by atoms with van der Waals surface area (Å²) in [5.74, 6) is -0.841. The van der Waals surface area contributed by atoms with Gasteiger partial charge < -0.3 is 5.11 Å². The van der Waals surface area contributed by atoms with E-state index in [1.165, 1.54) is 6.07 Å². The lowest BCUT2D eigenvalue weighted by Crippen LogP contribution is -2.31. The van der Waals surface area contributed by atoms with Gasteiger partial charge >= 0.3 is 5.97 Å². The molecule has 0 aromatic heterocycles. The third kappa shape index (κ3) is 2.84. The first-order chi connectivity index (χ1) is 8.56. The number of hydrogen-bond acceptors (Lipinski definition) is 4. The number of fused-ring (bicyclic) bond motifs is 1. The molecule has 2 rings (SSSR count). The molecule has 0 aliphatic carbocycles. The van der Waals surface area contributed by atoms with Crippen LogP contribution in [0, 0.1) is 10.1 Å². The van der Waals surface area contributed by atoms with Gasteiger partial charge in [-0.3, -0.25) is 19.8 Å². The number of carboxylic acids is 1. The lowest BCUT2D eigenvalue weighted by atomic mass is 10.0. The zero-order chi connectivity index (χ0) is 13.1. The number of rotatable bonds is 3. The first kappa shape index (κ1) is 12.5. The lowest BCUT2D eigenvalue weighted by molar-refractivity contribution is -0.384. The number of nitrogens with zero attached hydrogens (tertiary/aromatic N) is 2. The second-order valence-electron chi connectivity index (χ2n) is 4.38. The predicted octanol–water partition coefficient (Wildman–Crippen LogP) is 1.08. The van der Waals surface area contributed by atoms with Crippen molar-refractivity contribution in [3.8, 4) is 0 Å². The van der Waals surface area contributed by atoms with Crippen LogP contribution >= 0.6 is 0 Å². The number of hydrogen-bond donors (Lipinski definition) is 1. The van der Waals surface area contributed by atoms with Crippen LogP contribution in [0.4, 0.5) is 5.69 Å². The fourth-order valence-corrected chi connectivity index (χ4v) is 2.22. The normalized spacial score (nSPS) is 15.8. The van der Waals surface area contributed by atoms with Crippen molar-refractivity contribution in [3.05, 3.63) is 39.4 Å². The van der Waals surface area contributed by atoms with E-state index in [2.05, 4.69) is 0 Å². The van der Waals surface area contributed by atoms with Gasteiger partial charge in [-0.15, -0.1) is 0 Å². The van der Waals surface area contributed by atoms with Crippen LogP contribution < -0.4 is 0 Å². The number of nitro groups is 1. The van der Waals surface area contributed by atoms with E-state index in [1.807, 2.05) is 4.90 Å². The van der Waals surface area contributed by atoms with Crippen molar-refractivity contribution in [2.75, 3.05) is 19.6 Å². The summed E-state index contributed by atoms with van der Waals surface area (Å²) in [6.07, 6.45) is 1.39. The minimum Gasteiger partial charge on any atom is -0.480 e. The molecule has 1 aliphatic heterocycles. The highest BCUT2D eigenvalue weighted by Crippen LogP contribution is 2.21. The van der Waals surface area contributed by atoms with Crippen LogP contribution in [0.5, 0.6) is 0 Å². The Bertz CT molecular complexity index is 487. The Labute approximate surface area is 104 Å². The second kappa shape index (κ2) is 5.14. The molecule has 0 saturated carbocycles. The quantitative estimate of drug-likeness (QED) is 0.641. The average molecular weight is 250 g/mol. The van der Waals surface area contributed by atoms with Crippen molar-refractivity contribution in [2.24, 2.45) is 0 Å². The molecule has 0 unspecified atom stereocenters. The molecule has 0 fully saturated rings. The minimum absolute atomic E-state index is 0.0239. The fraction of sp³-hybridized carbons (Fsp3) is 0.417. The molecule has 0 atom stereocenters. The molecule has 96 valence electrons. The van der Waals surface area contributed by atoms with Crippen LogP contribution in [0.3, 0.4) is 0 Å². The number of carbonyl (C=O) groups is 1. The summed E-state index contributed by atoms with van der Waals surface area (Å²) in [5, 5.41) is 19.5. The van der Waals surface area contributed by atoms with Crippen LogP contribution in [-0.2, 0) is 17.6 Å². The highest BCUT2D eigenvalue weighted by atomic mass is 16.6. The lowest BCUT2D eigenvalue weighted by Gasteiger charge is -2.16. The number of aliphatic carboxylic acids is 1. The summed E-state index contributed by atoms with van der Waals surface area (Å²) in [5.41, 5.74) is 2.13. The Balaban J connectivity index is 2.15. The molecule has 1 N–H and O–H groups in total. The molecule has 1 aromatic rings. The molecular formula is C12H14N2O4. The Morgan fingerprint density at radius 2 is 2.00 bits per heavy atom.